The lowest BCUT2D eigenvalue weighted by Crippen LogP contribution is -2.39. The van der Waals surface area contributed by atoms with Gasteiger partial charge >= 0.3 is 5.97 Å². The van der Waals surface area contributed by atoms with Crippen LogP contribution in [0.5, 0.6) is 0 Å². The van der Waals surface area contributed by atoms with Gasteiger partial charge in [0.25, 0.3) is 0 Å². The summed E-state index contributed by atoms with van der Waals surface area (Å²) in [6.45, 7) is 1.69. The second kappa shape index (κ2) is 4.55. The van der Waals surface area contributed by atoms with E-state index >= 15 is 0 Å². The first kappa shape index (κ1) is 11.6. The van der Waals surface area contributed by atoms with Gasteiger partial charge in [-0.05, 0) is 33.2 Å². The molecule has 1 unspecified atom stereocenters. The number of hydrogen-bond donors (Lipinski definition) is 1. The number of nitrogens with zero attached hydrogens (tertiary/aromatic N) is 1. The van der Waals surface area contributed by atoms with Gasteiger partial charge in [0.15, 0.2) is 0 Å². The van der Waals surface area contributed by atoms with Crippen LogP contribution in [0.15, 0.2) is 11.6 Å². The lowest BCUT2D eigenvalue weighted by Gasteiger charge is -2.30. The molecule has 1 saturated heterocycles. The molecule has 16 heavy (non-hydrogen) atoms. The maximum absolute atomic E-state index is 11.8. The fourth-order valence-electron chi connectivity index (χ4n) is 2.57. The Labute approximate surface area is 95.9 Å². The van der Waals surface area contributed by atoms with Gasteiger partial charge in [0.2, 0.25) is 0 Å². The van der Waals surface area contributed by atoms with Crippen LogP contribution in [0.2, 0.25) is 0 Å². The largest absolute Gasteiger partial charge is 0.460 e. The molecule has 1 N–H and O–H groups in total. The van der Waals surface area contributed by atoms with E-state index in [9.17, 15) is 4.79 Å². The Morgan fingerprint density at radius 1 is 1.69 bits per heavy atom. The molecule has 1 fully saturated rings. The third kappa shape index (κ3) is 2.13. The highest BCUT2D eigenvalue weighted by Crippen LogP contribution is 2.34. The third-order valence-corrected chi connectivity index (χ3v) is 3.50. The monoisotopic (exact) mass is 225 g/mol. The minimum atomic E-state index is -0.595. The van der Waals surface area contributed by atoms with Crippen molar-refractivity contribution in [3.05, 3.63) is 11.6 Å². The summed E-state index contributed by atoms with van der Waals surface area (Å²) in [6, 6.07) is 0.818. The van der Waals surface area contributed by atoms with Crippen molar-refractivity contribution in [1.82, 2.24) is 4.90 Å². The average molecular weight is 225 g/mol. The molecule has 0 spiro atoms. The summed E-state index contributed by atoms with van der Waals surface area (Å²) in [7, 11) is 2.07. The highest BCUT2D eigenvalue weighted by molar-refractivity contribution is 5.90. The number of rotatable bonds is 3. The topological polar surface area (TPSA) is 49.8 Å². The zero-order valence-corrected chi connectivity index (χ0v) is 9.85. The van der Waals surface area contributed by atoms with Crippen LogP contribution in [0.25, 0.3) is 0 Å². The lowest BCUT2D eigenvalue weighted by atomic mass is 10.0. The maximum atomic E-state index is 11.8. The summed E-state index contributed by atoms with van der Waals surface area (Å²) >= 11 is 0. The van der Waals surface area contributed by atoms with Crippen LogP contribution in [0.1, 0.15) is 26.2 Å². The minimum absolute atomic E-state index is 0.0794. The Morgan fingerprint density at radius 2 is 2.44 bits per heavy atom. The molecule has 0 aromatic rings. The van der Waals surface area contributed by atoms with Gasteiger partial charge in [0.1, 0.15) is 6.61 Å². The zero-order valence-electron chi connectivity index (χ0n) is 9.85. The standard InChI is InChI=1S/C12H19NO3/c1-8(14)7-16-12(15)10-5-3-9-4-6-11(10)13(9)2/h5,8-9,11,14H,3-4,6-7H2,1-2H3/t8?,9-,11-/m1/s1. The van der Waals surface area contributed by atoms with Crippen LogP contribution in [0.4, 0.5) is 0 Å². The van der Waals surface area contributed by atoms with E-state index in [0.29, 0.717) is 6.04 Å². The van der Waals surface area contributed by atoms with E-state index in [-0.39, 0.29) is 18.6 Å². The number of carbonyl (C=O) groups is 1. The minimum Gasteiger partial charge on any atom is -0.460 e. The van der Waals surface area contributed by atoms with E-state index in [4.69, 9.17) is 9.84 Å². The number of aliphatic hydroxyl groups excluding tert-OH is 1. The quantitative estimate of drug-likeness (QED) is 0.718. The number of ether oxygens (including phenoxy) is 1. The lowest BCUT2D eigenvalue weighted by molar-refractivity contribution is -0.142. The van der Waals surface area contributed by atoms with E-state index in [2.05, 4.69) is 11.9 Å². The molecule has 2 aliphatic heterocycles. The SMILES string of the molecule is CC(O)COC(=O)C1=CC[C@@H]2CC[C@H]1N2C. The van der Waals surface area contributed by atoms with Crippen molar-refractivity contribution >= 4 is 5.97 Å². The number of likely N-dealkylation sites (N-methyl/N-ethyl adjacent to an activating group) is 1. The predicted molar refractivity (Wildman–Crippen MR) is 59.9 cm³/mol. The van der Waals surface area contributed by atoms with Crippen LogP contribution in [0, 0.1) is 0 Å². The summed E-state index contributed by atoms with van der Waals surface area (Å²) in [6.07, 6.45) is 4.54. The molecule has 90 valence electrons. The van der Waals surface area contributed by atoms with Gasteiger partial charge in [-0.3, -0.25) is 4.90 Å². The van der Waals surface area contributed by atoms with E-state index in [1.807, 2.05) is 6.08 Å². The first-order valence-electron chi connectivity index (χ1n) is 5.86. The van der Waals surface area contributed by atoms with E-state index < -0.39 is 6.10 Å². The number of hydrogen-bond acceptors (Lipinski definition) is 4. The maximum Gasteiger partial charge on any atom is 0.335 e. The van der Waals surface area contributed by atoms with Crippen LogP contribution < -0.4 is 0 Å². The van der Waals surface area contributed by atoms with E-state index in [1.165, 1.54) is 0 Å². The molecular weight excluding hydrogens is 206 g/mol. The molecular formula is C12H19NO3. The average Bonchev–Trinajstić information content (AvgIpc) is 2.51. The summed E-state index contributed by atoms with van der Waals surface area (Å²) in [4.78, 5) is 14.1. The summed E-state index contributed by atoms with van der Waals surface area (Å²) in [5.41, 5.74) is 0.775. The fraction of sp³-hybridized carbons (Fsp3) is 0.750. The van der Waals surface area contributed by atoms with Gasteiger partial charge in [0.05, 0.1) is 11.7 Å². The van der Waals surface area contributed by atoms with Crippen LogP contribution in [0.3, 0.4) is 0 Å². The molecule has 4 heteroatoms. The molecule has 2 heterocycles. The smallest absolute Gasteiger partial charge is 0.335 e. The highest BCUT2D eigenvalue weighted by Gasteiger charge is 2.38. The molecule has 0 aliphatic carbocycles. The Kier molecular flexibility index (Phi) is 3.30. The molecule has 0 radical (unpaired) electrons. The van der Waals surface area contributed by atoms with Crippen LogP contribution in [-0.4, -0.2) is 47.8 Å². The predicted octanol–water partition coefficient (Wildman–Crippen LogP) is 0.703. The van der Waals surface area contributed by atoms with Crippen molar-refractivity contribution in [3.63, 3.8) is 0 Å². The molecule has 0 aromatic carbocycles. The molecule has 2 aliphatic rings. The van der Waals surface area contributed by atoms with Crippen molar-refractivity contribution in [2.45, 2.75) is 44.4 Å². The first-order chi connectivity index (χ1) is 7.59. The van der Waals surface area contributed by atoms with Crippen molar-refractivity contribution in [1.29, 1.82) is 0 Å². The Bertz CT molecular complexity index is 311. The van der Waals surface area contributed by atoms with Gasteiger partial charge in [-0.15, -0.1) is 0 Å². The molecule has 2 bridgehead atoms. The molecule has 0 saturated carbocycles. The molecule has 0 amide bonds. The van der Waals surface area contributed by atoms with Crippen molar-refractivity contribution < 1.29 is 14.6 Å². The molecule has 4 nitrogen and oxygen atoms in total. The van der Waals surface area contributed by atoms with Gasteiger partial charge in [-0.2, -0.15) is 0 Å². The molecule has 0 aromatic heterocycles. The van der Waals surface area contributed by atoms with Crippen LogP contribution in [-0.2, 0) is 9.53 Å². The Hall–Kier alpha value is -0.870. The number of esters is 1. The van der Waals surface area contributed by atoms with Gasteiger partial charge < -0.3 is 9.84 Å². The fourth-order valence-corrected chi connectivity index (χ4v) is 2.57. The Morgan fingerprint density at radius 3 is 3.12 bits per heavy atom. The normalized spacial score (nSPS) is 31.1. The van der Waals surface area contributed by atoms with E-state index in [0.717, 1.165) is 24.8 Å². The van der Waals surface area contributed by atoms with Gasteiger partial charge in [0, 0.05) is 12.1 Å². The van der Waals surface area contributed by atoms with Crippen molar-refractivity contribution in [3.8, 4) is 0 Å². The number of fused-ring (bicyclic) bond motifs is 2. The summed E-state index contributed by atoms with van der Waals surface area (Å²) < 4.78 is 5.06. The van der Waals surface area contributed by atoms with Crippen molar-refractivity contribution in [2.24, 2.45) is 0 Å². The highest BCUT2D eigenvalue weighted by atomic mass is 16.5. The van der Waals surface area contributed by atoms with E-state index in [1.54, 1.807) is 6.92 Å². The third-order valence-electron chi connectivity index (χ3n) is 3.50. The number of aliphatic hydroxyl groups is 1. The Balaban J connectivity index is 1.99. The summed E-state index contributed by atoms with van der Waals surface area (Å²) in [5.74, 6) is -0.266. The van der Waals surface area contributed by atoms with Gasteiger partial charge in [-0.1, -0.05) is 6.08 Å². The first-order valence-corrected chi connectivity index (χ1v) is 5.86. The van der Waals surface area contributed by atoms with Crippen LogP contribution >= 0.6 is 0 Å². The van der Waals surface area contributed by atoms with Gasteiger partial charge in [-0.25, -0.2) is 4.79 Å². The number of carbonyl (C=O) groups excluding carboxylic acids is 1. The zero-order chi connectivity index (χ0) is 11.7. The second-order valence-corrected chi connectivity index (χ2v) is 4.76. The van der Waals surface area contributed by atoms with Crippen molar-refractivity contribution in [2.75, 3.05) is 13.7 Å². The molecule has 2 rings (SSSR count). The second-order valence-electron chi connectivity index (χ2n) is 4.76. The molecule has 3 atom stereocenters. The summed E-state index contributed by atoms with van der Waals surface area (Å²) in [5, 5.41) is 9.08.